The van der Waals surface area contributed by atoms with Crippen molar-refractivity contribution in [1.29, 1.82) is 0 Å². The molecule has 0 amide bonds. The SMILES string of the molecule is CCCC(C)c1ccc2nc(C)[nH]c2c1. The predicted molar refractivity (Wildman–Crippen MR) is 64.2 cm³/mol. The quantitative estimate of drug-likeness (QED) is 0.806. The molecule has 0 aliphatic carbocycles. The molecule has 0 fully saturated rings. The molecule has 1 N–H and O–H groups in total. The van der Waals surface area contributed by atoms with E-state index in [9.17, 15) is 0 Å². The molecule has 15 heavy (non-hydrogen) atoms. The van der Waals surface area contributed by atoms with E-state index in [0.29, 0.717) is 5.92 Å². The minimum atomic E-state index is 0.642. The first kappa shape index (κ1) is 10.2. The Bertz CT molecular complexity index is 457. The van der Waals surface area contributed by atoms with E-state index < -0.39 is 0 Å². The van der Waals surface area contributed by atoms with E-state index in [4.69, 9.17) is 0 Å². The van der Waals surface area contributed by atoms with Gasteiger partial charge in [-0.05, 0) is 37.0 Å². The Morgan fingerprint density at radius 2 is 2.20 bits per heavy atom. The maximum Gasteiger partial charge on any atom is 0.104 e. The summed E-state index contributed by atoms with van der Waals surface area (Å²) in [5.41, 5.74) is 3.64. The van der Waals surface area contributed by atoms with Gasteiger partial charge < -0.3 is 4.98 Å². The largest absolute Gasteiger partial charge is 0.342 e. The van der Waals surface area contributed by atoms with Crippen molar-refractivity contribution in [2.45, 2.75) is 39.5 Å². The third-order valence-electron chi connectivity index (χ3n) is 2.92. The number of nitrogens with one attached hydrogen (secondary N) is 1. The number of imidazole rings is 1. The first-order valence-corrected chi connectivity index (χ1v) is 5.67. The van der Waals surface area contributed by atoms with Crippen molar-refractivity contribution in [2.24, 2.45) is 0 Å². The molecule has 0 aliphatic rings. The summed E-state index contributed by atoms with van der Waals surface area (Å²) >= 11 is 0. The lowest BCUT2D eigenvalue weighted by molar-refractivity contribution is 0.665. The fourth-order valence-electron chi connectivity index (χ4n) is 2.06. The number of H-pyrrole nitrogens is 1. The van der Waals surface area contributed by atoms with Gasteiger partial charge in [0.15, 0.2) is 0 Å². The fraction of sp³-hybridized carbons (Fsp3) is 0.462. The van der Waals surface area contributed by atoms with Crippen LogP contribution in [0.4, 0.5) is 0 Å². The molecule has 1 atom stereocenters. The Morgan fingerprint density at radius 1 is 1.40 bits per heavy atom. The number of aromatic nitrogens is 2. The summed E-state index contributed by atoms with van der Waals surface area (Å²) in [6.45, 7) is 6.51. The molecule has 2 aromatic rings. The van der Waals surface area contributed by atoms with Gasteiger partial charge in [0.2, 0.25) is 0 Å². The molecule has 0 radical (unpaired) electrons. The monoisotopic (exact) mass is 202 g/mol. The number of rotatable bonds is 3. The van der Waals surface area contributed by atoms with Crippen LogP contribution in [0.25, 0.3) is 11.0 Å². The average Bonchev–Trinajstić information content (AvgIpc) is 2.57. The molecular formula is C13H18N2. The first-order chi connectivity index (χ1) is 7.20. The van der Waals surface area contributed by atoms with Crippen LogP contribution >= 0.6 is 0 Å². The summed E-state index contributed by atoms with van der Waals surface area (Å²) in [4.78, 5) is 7.69. The molecule has 0 spiro atoms. The Hall–Kier alpha value is -1.31. The van der Waals surface area contributed by atoms with Crippen LogP contribution in [0.3, 0.4) is 0 Å². The normalized spacial score (nSPS) is 13.3. The van der Waals surface area contributed by atoms with Crippen molar-refractivity contribution in [2.75, 3.05) is 0 Å². The van der Waals surface area contributed by atoms with Gasteiger partial charge in [-0.2, -0.15) is 0 Å². The van der Waals surface area contributed by atoms with E-state index >= 15 is 0 Å². The Kier molecular flexibility index (Phi) is 2.76. The highest BCUT2D eigenvalue weighted by Crippen LogP contribution is 2.23. The highest BCUT2D eigenvalue weighted by molar-refractivity contribution is 5.75. The lowest BCUT2D eigenvalue weighted by atomic mass is 9.96. The predicted octanol–water partition coefficient (Wildman–Crippen LogP) is 3.77. The maximum absolute atomic E-state index is 4.40. The molecule has 2 nitrogen and oxygen atoms in total. The average molecular weight is 202 g/mol. The molecule has 1 unspecified atom stereocenters. The van der Waals surface area contributed by atoms with Crippen LogP contribution in [-0.2, 0) is 0 Å². The highest BCUT2D eigenvalue weighted by Gasteiger charge is 2.06. The van der Waals surface area contributed by atoms with Crippen LogP contribution in [0, 0.1) is 6.92 Å². The molecule has 0 bridgehead atoms. The van der Waals surface area contributed by atoms with Gasteiger partial charge in [0.1, 0.15) is 5.82 Å². The topological polar surface area (TPSA) is 28.7 Å². The van der Waals surface area contributed by atoms with Gasteiger partial charge in [-0.1, -0.05) is 26.3 Å². The third kappa shape index (κ3) is 2.04. The summed E-state index contributed by atoms with van der Waals surface area (Å²) in [5.74, 6) is 1.63. The van der Waals surface area contributed by atoms with Gasteiger partial charge in [-0.3, -0.25) is 0 Å². The number of benzene rings is 1. The fourth-order valence-corrected chi connectivity index (χ4v) is 2.06. The second kappa shape index (κ2) is 4.05. The number of hydrogen-bond donors (Lipinski definition) is 1. The summed E-state index contributed by atoms with van der Waals surface area (Å²) < 4.78 is 0. The van der Waals surface area contributed by atoms with Crippen LogP contribution < -0.4 is 0 Å². The van der Waals surface area contributed by atoms with E-state index in [1.807, 2.05) is 6.92 Å². The zero-order valence-corrected chi connectivity index (χ0v) is 9.67. The standard InChI is InChI=1S/C13H18N2/c1-4-5-9(2)11-6-7-12-13(8-11)15-10(3)14-12/h6-9H,4-5H2,1-3H3,(H,14,15). The number of nitrogens with zero attached hydrogens (tertiary/aromatic N) is 1. The van der Waals surface area contributed by atoms with Crippen LogP contribution in [0.1, 0.15) is 44.0 Å². The molecular weight excluding hydrogens is 184 g/mol. The van der Waals surface area contributed by atoms with Crippen LogP contribution in [0.2, 0.25) is 0 Å². The molecule has 1 aromatic carbocycles. The van der Waals surface area contributed by atoms with Crippen LogP contribution in [0.15, 0.2) is 18.2 Å². The Balaban J connectivity index is 2.37. The van der Waals surface area contributed by atoms with Crippen molar-refractivity contribution in [3.05, 3.63) is 29.6 Å². The zero-order chi connectivity index (χ0) is 10.8. The number of hydrogen-bond acceptors (Lipinski definition) is 1. The van der Waals surface area contributed by atoms with Gasteiger partial charge in [0, 0.05) is 0 Å². The molecule has 1 heterocycles. The third-order valence-corrected chi connectivity index (χ3v) is 2.92. The smallest absolute Gasteiger partial charge is 0.104 e. The van der Waals surface area contributed by atoms with Crippen molar-refractivity contribution in [3.63, 3.8) is 0 Å². The van der Waals surface area contributed by atoms with E-state index in [2.05, 4.69) is 42.0 Å². The first-order valence-electron chi connectivity index (χ1n) is 5.67. The molecule has 2 rings (SSSR count). The maximum atomic E-state index is 4.40. The summed E-state index contributed by atoms with van der Waals surface area (Å²) in [5, 5.41) is 0. The molecule has 0 aliphatic heterocycles. The van der Waals surface area contributed by atoms with E-state index in [1.165, 1.54) is 18.4 Å². The minimum absolute atomic E-state index is 0.642. The van der Waals surface area contributed by atoms with Gasteiger partial charge in [-0.25, -0.2) is 4.98 Å². The van der Waals surface area contributed by atoms with Gasteiger partial charge in [0.05, 0.1) is 11.0 Å². The van der Waals surface area contributed by atoms with Gasteiger partial charge in [-0.15, -0.1) is 0 Å². The van der Waals surface area contributed by atoms with Gasteiger partial charge >= 0.3 is 0 Å². The van der Waals surface area contributed by atoms with E-state index in [1.54, 1.807) is 0 Å². The highest BCUT2D eigenvalue weighted by atomic mass is 14.9. The lowest BCUT2D eigenvalue weighted by Crippen LogP contribution is -1.92. The number of fused-ring (bicyclic) bond motifs is 1. The Morgan fingerprint density at radius 3 is 2.93 bits per heavy atom. The Labute approximate surface area is 90.7 Å². The molecule has 0 saturated heterocycles. The minimum Gasteiger partial charge on any atom is -0.342 e. The molecule has 1 aromatic heterocycles. The van der Waals surface area contributed by atoms with Crippen LogP contribution in [-0.4, -0.2) is 9.97 Å². The van der Waals surface area contributed by atoms with E-state index in [-0.39, 0.29) is 0 Å². The van der Waals surface area contributed by atoms with E-state index in [0.717, 1.165) is 16.9 Å². The zero-order valence-electron chi connectivity index (χ0n) is 9.67. The second-order valence-corrected chi connectivity index (χ2v) is 4.29. The lowest BCUT2D eigenvalue weighted by Gasteiger charge is -2.09. The van der Waals surface area contributed by atoms with Gasteiger partial charge in [0.25, 0.3) is 0 Å². The summed E-state index contributed by atoms with van der Waals surface area (Å²) in [7, 11) is 0. The molecule has 2 heteroatoms. The van der Waals surface area contributed by atoms with Crippen molar-refractivity contribution in [3.8, 4) is 0 Å². The number of aryl methyl sites for hydroxylation is 1. The van der Waals surface area contributed by atoms with Crippen molar-refractivity contribution in [1.82, 2.24) is 9.97 Å². The van der Waals surface area contributed by atoms with Crippen LogP contribution in [0.5, 0.6) is 0 Å². The van der Waals surface area contributed by atoms with Crippen molar-refractivity contribution >= 4 is 11.0 Å². The second-order valence-electron chi connectivity index (χ2n) is 4.29. The molecule has 0 saturated carbocycles. The summed E-state index contributed by atoms with van der Waals surface area (Å²) in [6.07, 6.45) is 2.49. The number of aromatic amines is 1. The van der Waals surface area contributed by atoms with Crippen molar-refractivity contribution < 1.29 is 0 Å². The molecule has 80 valence electrons. The summed E-state index contributed by atoms with van der Waals surface area (Å²) in [6, 6.07) is 6.54.